The molecule has 0 bridgehead atoms. The first-order valence-corrected chi connectivity index (χ1v) is 8.83. The molecular formula is C16H24N2O2S. The topological polar surface area (TPSA) is 41.6 Å². The Balaban J connectivity index is 1.79. The Kier molecular flexibility index (Phi) is 4.62. The molecule has 0 radical (unpaired) electrons. The van der Waals surface area contributed by atoms with Crippen LogP contribution in [0.15, 0.2) is 17.5 Å². The fourth-order valence-electron chi connectivity index (χ4n) is 3.74. The lowest BCUT2D eigenvalue weighted by Gasteiger charge is -2.39. The number of thiophene rings is 1. The van der Waals surface area contributed by atoms with Gasteiger partial charge in [-0.1, -0.05) is 12.5 Å². The normalized spacial score (nSPS) is 29.3. The second-order valence-electron chi connectivity index (χ2n) is 5.92. The molecule has 2 unspecified atom stereocenters. The molecule has 2 fully saturated rings. The van der Waals surface area contributed by atoms with Crippen molar-refractivity contribution in [2.45, 2.75) is 50.7 Å². The van der Waals surface area contributed by atoms with Gasteiger partial charge >= 0.3 is 5.97 Å². The number of hydrogen-bond acceptors (Lipinski definition) is 5. The molecule has 0 aliphatic carbocycles. The molecule has 5 heteroatoms. The molecule has 2 atom stereocenters. The molecular weight excluding hydrogens is 284 g/mol. The number of carbonyl (C=O) groups is 1. The maximum atomic E-state index is 12.7. The molecule has 2 saturated heterocycles. The van der Waals surface area contributed by atoms with E-state index in [0.29, 0.717) is 12.6 Å². The van der Waals surface area contributed by atoms with Crippen molar-refractivity contribution in [2.75, 3.05) is 19.7 Å². The highest BCUT2D eigenvalue weighted by atomic mass is 32.1. The minimum Gasteiger partial charge on any atom is -0.465 e. The average Bonchev–Trinajstić information content (AvgIpc) is 3.14. The van der Waals surface area contributed by atoms with E-state index in [4.69, 9.17) is 4.74 Å². The van der Waals surface area contributed by atoms with E-state index < -0.39 is 5.54 Å². The Morgan fingerprint density at radius 2 is 2.43 bits per heavy atom. The van der Waals surface area contributed by atoms with Gasteiger partial charge in [0.1, 0.15) is 5.54 Å². The van der Waals surface area contributed by atoms with Crippen LogP contribution in [-0.2, 0) is 16.1 Å². The van der Waals surface area contributed by atoms with Crippen molar-refractivity contribution in [3.05, 3.63) is 22.4 Å². The van der Waals surface area contributed by atoms with Gasteiger partial charge < -0.3 is 4.74 Å². The number of carbonyl (C=O) groups excluding carboxylic acids is 1. The van der Waals surface area contributed by atoms with Gasteiger partial charge in [-0.2, -0.15) is 0 Å². The monoisotopic (exact) mass is 308 g/mol. The summed E-state index contributed by atoms with van der Waals surface area (Å²) in [5, 5.41) is 5.65. The maximum absolute atomic E-state index is 12.7. The van der Waals surface area contributed by atoms with Crippen LogP contribution in [0.1, 0.15) is 37.5 Å². The molecule has 21 heavy (non-hydrogen) atoms. The minimum absolute atomic E-state index is 0.0593. The van der Waals surface area contributed by atoms with Crippen molar-refractivity contribution in [1.82, 2.24) is 10.2 Å². The summed E-state index contributed by atoms with van der Waals surface area (Å²) in [5.74, 6) is -0.0593. The molecule has 0 spiro atoms. The zero-order valence-corrected chi connectivity index (χ0v) is 13.5. The van der Waals surface area contributed by atoms with E-state index in [2.05, 4.69) is 27.7 Å². The predicted molar refractivity (Wildman–Crippen MR) is 84.4 cm³/mol. The third-order valence-electron chi connectivity index (χ3n) is 4.77. The number of piperidine rings is 1. The van der Waals surface area contributed by atoms with Crippen LogP contribution in [0, 0.1) is 0 Å². The summed E-state index contributed by atoms with van der Waals surface area (Å²) in [5.41, 5.74) is -0.513. The van der Waals surface area contributed by atoms with Crippen LogP contribution < -0.4 is 5.32 Å². The van der Waals surface area contributed by atoms with Crippen molar-refractivity contribution >= 4 is 17.3 Å². The van der Waals surface area contributed by atoms with Crippen molar-refractivity contribution < 1.29 is 9.53 Å². The number of fused-ring (bicyclic) bond motifs is 1. The molecule has 3 rings (SSSR count). The van der Waals surface area contributed by atoms with Gasteiger partial charge in [-0.15, -0.1) is 11.3 Å². The lowest BCUT2D eigenvalue weighted by molar-refractivity contribution is -0.153. The fraction of sp³-hybridized carbons (Fsp3) is 0.688. The number of esters is 1. The summed E-state index contributed by atoms with van der Waals surface area (Å²) < 4.78 is 5.42. The number of ether oxygens (including phenoxy) is 1. The summed E-state index contributed by atoms with van der Waals surface area (Å²) >= 11 is 1.73. The standard InChI is InChI=1S/C16H24N2O2S/c1-2-20-15(19)16(17-12-13-6-5-11-21-13)8-10-18-9-4-3-7-14(16)18/h5-6,11,14,17H,2-4,7-10,12H2,1H3. The quantitative estimate of drug-likeness (QED) is 0.848. The summed E-state index contributed by atoms with van der Waals surface area (Å²) in [7, 11) is 0. The van der Waals surface area contributed by atoms with E-state index in [0.717, 1.165) is 32.5 Å². The van der Waals surface area contributed by atoms with E-state index in [1.807, 2.05) is 6.92 Å². The van der Waals surface area contributed by atoms with Crippen LogP contribution in [-0.4, -0.2) is 42.1 Å². The second kappa shape index (κ2) is 6.46. The van der Waals surface area contributed by atoms with E-state index >= 15 is 0 Å². The summed E-state index contributed by atoms with van der Waals surface area (Å²) in [4.78, 5) is 16.4. The molecule has 0 aromatic carbocycles. The van der Waals surface area contributed by atoms with Crippen molar-refractivity contribution in [2.24, 2.45) is 0 Å². The van der Waals surface area contributed by atoms with Gasteiger partial charge in [-0.05, 0) is 44.2 Å². The molecule has 0 amide bonds. The largest absolute Gasteiger partial charge is 0.465 e. The Hall–Kier alpha value is -0.910. The summed E-state index contributed by atoms with van der Waals surface area (Å²) in [6, 6.07) is 4.47. The Morgan fingerprint density at radius 1 is 1.52 bits per heavy atom. The lowest BCUT2D eigenvalue weighted by atomic mass is 9.85. The van der Waals surface area contributed by atoms with Crippen LogP contribution in [0.25, 0.3) is 0 Å². The third kappa shape index (κ3) is 2.87. The van der Waals surface area contributed by atoms with Crippen LogP contribution >= 0.6 is 11.3 Å². The van der Waals surface area contributed by atoms with Crippen molar-refractivity contribution in [3.63, 3.8) is 0 Å². The van der Waals surface area contributed by atoms with Crippen LogP contribution in [0.5, 0.6) is 0 Å². The highest BCUT2D eigenvalue weighted by Gasteiger charge is 2.53. The first kappa shape index (κ1) is 15.0. The molecule has 1 N–H and O–H groups in total. The first-order valence-electron chi connectivity index (χ1n) is 7.95. The Bertz CT molecular complexity index is 477. The Morgan fingerprint density at radius 3 is 3.19 bits per heavy atom. The summed E-state index contributed by atoms with van der Waals surface area (Å²) in [6.45, 7) is 5.21. The van der Waals surface area contributed by atoms with Gasteiger partial charge in [0.05, 0.1) is 6.61 Å². The fourth-order valence-corrected chi connectivity index (χ4v) is 4.38. The molecule has 3 heterocycles. The molecule has 0 saturated carbocycles. The molecule has 4 nitrogen and oxygen atoms in total. The number of hydrogen-bond donors (Lipinski definition) is 1. The highest BCUT2D eigenvalue weighted by molar-refractivity contribution is 7.09. The average molecular weight is 308 g/mol. The first-order chi connectivity index (χ1) is 10.3. The molecule has 2 aliphatic rings. The summed E-state index contributed by atoms with van der Waals surface area (Å²) in [6.07, 6.45) is 4.42. The van der Waals surface area contributed by atoms with Gasteiger partial charge in [-0.25, -0.2) is 4.79 Å². The highest BCUT2D eigenvalue weighted by Crippen LogP contribution is 2.36. The molecule has 1 aromatic rings. The van der Waals surface area contributed by atoms with Crippen molar-refractivity contribution in [1.29, 1.82) is 0 Å². The van der Waals surface area contributed by atoms with Gasteiger partial charge in [0.2, 0.25) is 0 Å². The molecule has 116 valence electrons. The number of rotatable bonds is 5. The van der Waals surface area contributed by atoms with E-state index in [9.17, 15) is 4.79 Å². The zero-order valence-electron chi connectivity index (χ0n) is 12.6. The van der Waals surface area contributed by atoms with Crippen LogP contribution in [0.2, 0.25) is 0 Å². The molecule has 2 aliphatic heterocycles. The number of nitrogens with zero attached hydrogens (tertiary/aromatic N) is 1. The van der Waals surface area contributed by atoms with Gasteiger partial charge in [-0.3, -0.25) is 10.2 Å². The van der Waals surface area contributed by atoms with Gasteiger partial charge in [0.15, 0.2) is 0 Å². The maximum Gasteiger partial charge on any atom is 0.328 e. The lowest BCUT2D eigenvalue weighted by Crippen LogP contribution is -2.61. The van der Waals surface area contributed by atoms with E-state index in [1.54, 1.807) is 11.3 Å². The predicted octanol–water partition coefficient (Wildman–Crippen LogP) is 2.40. The van der Waals surface area contributed by atoms with E-state index in [1.165, 1.54) is 17.7 Å². The van der Waals surface area contributed by atoms with Gasteiger partial charge in [0.25, 0.3) is 0 Å². The Labute approximate surface area is 130 Å². The van der Waals surface area contributed by atoms with E-state index in [-0.39, 0.29) is 5.97 Å². The van der Waals surface area contributed by atoms with Crippen LogP contribution in [0.4, 0.5) is 0 Å². The minimum atomic E-state index is -0.513. The second-order valence-corrected chi connectivity index (χ2v) is 6.95. The van der Waals surface area contributed by atoms with Gasteiger partial charge in [0, 0.05) is 24.0 Å². The SMILES string of the molecule is CCOC(=O)C1(NCc2cccs2)CCN2CCCCC21. The third-order valence-corrected chi connectivity index (χ3v) is 5.65. The zero-order chi connectivity index (χ0) is 14.7. The van der Waals surface area contributed by atoms with Crippen molar-refractivity contribution in [3.8, 4) is 0 Å². The molecule has 1 aromatic heterocycles. The van der Waals surface area contributed by atoms with Crippen LogP contribution in [0.3, 0.4) is 0 Å². The number of nitrogens with one attached hydrogen (secondary N) is 1. The smallest absolute Gasteiger partial charge is 0.328 e.